The Kier molecular flexibility index (Phi) is 7.46. The van der Waals surface area contributed by atoms with E-state index in [1.807, 2.05) is 48.5 Å². The van der Waals surface area contributed by atoms with E-state index < -0.39 is 5.97 Å². The molecule has 0 fully saturated rings. The number of hydrogen-bond acceptors (Lipinski definition) is 2. The molecule has 0 amide bonds. The second-order valence-corrected chi connectivity index (χ2v) is 7.24. The zero-order valence-electron chi connectivity index (χ0n) is 16.9. The molecule has 0 saturated heterocycles. The van der Waals surface area contributed by atoms with Gasteiger partial charge in [0.1, 0.15) is 5.75 Å². The molecular weight excluding hydrogens is 360 g/mol. The second-order valence-electron chi connectivity index (χ2n) is 7.24. The third kappa shape index (κ3) is 5.71. The van der Waals surface area contributed by atoms with Gasteiger partial charge in [0.25, 0.3) is 0 Å². The molecule has 3 rings (SSSR count). The molecule has 0 bridgehead atoms. The van der Waals surface area contributed by atoms with Crippen LogP contribution in [0.2, 0.25) is 0 Å². The average Bonchev–Trinajstić information content (AvgIpc) is 2.76. The minimum atomic E-state index is -0.983. The predicted molar refractivity (Wildman–Crippen MR) is 118 cm³/mol. The minimum absolute atomic E-state index is 0.368. The Morgan fingerprint density at radius 2 is 1.52 bits per heavy atom. The van der Waals surface area contributed by atoms with Crippen molar-refractivity contribution < 1.29 is 14.6 Å². The van der Waals surface area contributed by atoms with Crippen molar-refractivity contribution in [1.29, 1.82) is 0 Å². The van der Waals surface area contributed by atoms with Crippen molar-refractivity contribution in [3.8, 4) is 28.0 Å². The van der Waals surface area contributed by atoms with E-state index in [4.69, 9.17) is 9.84 Å². The monoisotopic (exact) mass is 388 g/mol. The van der Waals surface area contributed by atoms with Crippen LogP contribution < -0.4 is 4.74 Å². The Labute approximate surface area is 173 Å². The first-order chi connectivity index (χ1) is 14.2. The lowest BCUT2D eigenvalue weighted by Crippen LogP contribution is -2.10. The summed E-state index contributed by atoms with van der Waals surface area (Å²) in [7, 11) is 0. The summed E-state index contributed by atoms with van der Waals surface area (Å²) in [5.41, 5.74) is 5.18. The molecule has 0 atom stereocenters. The second kappa shape index (κ2) is 10.5. The zero-order valence-corrected chi connectivity index (χ0v) is 16.9. The minimum Gasteiger partial charge on any atom is -0.481 e. The highest BCUT2D eigenvalue weighted by Gasteiger charge is 2.15. The molecule has 0 aliphatic carbocycles. The molecule has 1 N–H and O–H groups in total. The van der Waals surface area contributed by atoms with Gasteiger partial charge in [0.15, 0.2) is 6.61 Å². The Hall–Kier alpha value is -3.07. The van der Waals surface area contributed by atoms with Crippen molar-refractivity contribution in [2.24, 2.45) is 0 Å². The van der Waals surface area contributed by atoms with Crippen LogP contribution in [0.4, 0.5) is 0 Å². The van der Waals surface area contributed by atoms with Gasteiger partial charge in [-0.15, -0.1) is 0 Å². The molecule has 0 aliphatic heterocycles. The van der Waals surface area contributed by atoms with E-state index in [0.29, 0.717) is 5.75 Å². The highest BCUT2D eigenvalue weighted by atomic mass is 16.5. The molecule has 29 heavy (non-hydrogen) atoms. The number of benzene rings is 3. The molecule has 150 valence electrons. The van der Waals surface area contributed by atoms with E-state index >= 15 is 0 Å². The standard InChI is InChI=1S/C26H28O3/c1-2-3-4-6-11-20-12-9-15-22(18-20)24-17-10-16-23(21-13-7-5-8-14-21)26(24)29-19-25(27)28/h5,7-10,12-18H,2-4,6,11,19H2,1H3,(H,27,28). The summed E-state index contributed by atoms with van der Waals surface area (Å²) in [6.45, 7) is 1.85. The lowest BCUT2D eigenvalue weighted by atomic mass is 9.95. The maximum atomic E-state index is 11.2. The van der Waals surface area contributed by atoms with Crippen LogP contribution >= 0.6 is 0 Å². The van der Waals surface area contributed by atoms with E-state index in [2.05, 4.69) is 31.2 Å². The first-order valence-electron chi connectivity index (χ1n) is 10.3. The first kappa shape index (κ1) is 20.7. The molecule has 0 aliphatic rings. The topological polar surface area (TPSA) is 46.5 Å². The number of carboxylic acid groups (broad SMARTS) is 1. The van der Waals surface area contributed by atoms with Crippen LogP contribution in [0.3, 0.4) is 0 Å². The van der Waals surface area contributed by atoms with Gasteiger partial charge in [0.2, 0.25) is 0 Å². The molecule has 3 nitrogen and oxygen atoms in total. The average molecular weight is 389 g/mol. The molecule has 0 heterocycles. The lowest BCUT2D eigenvalue weighted by Gasteiger charge is -2.16. The van der Waals surface area contributed by atoms with Gasteiger partial charge in [0.05, 0.1) is 0 Å². The van der Waals surface area contributed by atoms with Crippen LogP contribution in [0.5, 0.6) is 5.75 Å². The number of ether oxygens (including phenoxy) is 1. The summed E-state index contributed by atoms with van der Waals surface area (Å²) in [5.74, 6) is -0.368. The van der Waals surface area contributed by atoms with Crippen LogP contribution in [0, 0.1) is 0 Å². The summed E-state index contributed by atoms with van der Waals surface area (Å²) in [6, 6.07) is 24.4. The zero-order chi connectivity index (χ0) is 20.5. The highest BCUT2D eigenvalue weighted by Crippen LogP contribution is 2.39. The van der Waals surface area contributed by atoms with Gasteiger partial charge in [-0.2, -0.15) is 0 Å². The van der Waals surface area contributed by atoms with Gasteiger partial charge in [0, 0.05) is 11.1 Å². The summed E-state index contributed by atoms with van der Waals surface area (Å²) >= 11 is 0. The van der Waals surface area contributed by atoms with Crippen molar-refractivity contribution >= 4 is 5.97 Å². The van der Waals surface area contributed by atoms with E-state index in [9.17, 15) is 4.79 Å². The highest BCUT2D eigenvalue weighted by molar-refractivity contribution is 5.83. The van der Waals surface area contributed by atoms with Crippen LogP contribution in [0.1, 0.15) is 38.2 Å². The quantitative estimate of drug-likeness (QED) is 0.398. The Morgan fingerprint density at radius 1 is 0.828 bits per heavy atom. The third-order valence-electron chi connectivity index (χ3n) is 5.00. The fraction of sp³-hybridized carbons (Fsp3) is 0.269. The summed E-state index contributed by atoms with van der Waals surface area (Å²) in [5, 5.41) is 9.16. The number of unbranched alkanes of at least 4 members (excludes halogenated alkanes) is 3. The molecule has 0 spiro atoms. The van der Waals surface area contributed by atoms with E-state index in [0.717, 1.165) is 28.7 Å². The number of carboxylic acids is 1. The van der Waals surface area contributed by atoms with Crippen molar-refractivity contribution in [2.75, 3.05) is 6.61 Å². The molecule has 3 aromatic carbocycles. The van der Waals surface area contributed by atoms with Crippen molar-refractivity contribution in [3.63, 3.8) is 0 Å². The van der Waals surface area contributed by atoms with E-state index in [1.165, 1.54) is 31.2 Å². The van der Waals surface area contributed by atoms with Gasteiger partial charge in [-0.1, -0.05) is 99.0 Å². The van der Waals surface area contributed by atoms with Crippen LogP contribution in [0.25, 0.3) is 22.3 Å². The number of rotatable bonds is 10. The summed E-state index contributed by atoms with van der Waals surface area (Å²) in [6.07, 6.45) is 5.99. The number of carbonyl (C=O) groups is 1. The molecule has 3 aromatic rings. The first-order valence-corrected chi connectivity index (χ1v) is 10.3. The molecule has 0 radical (unpaired) electrons. The van der Waals surface area contributed by atoms with Gasteiger partial charge in [-0.25, -0.2) is 4.79 Å². The fourth-order valence-corrected chi connectivity index (χ4v) is 3.55. The smallest absolute Gasteiger partial charge is 0.341 e. The van der Waals surface area contributed by atoms with E-state index in [1.54, 1.807) is 0 Å². The maximum absolute atomic E-state index is 11.2. The van der Waals surface area contributed by atoms with Crippen molar-refractivity contribution in [3.05, 3.63) is 78.4 Å². The summed E-state index contributed by atoms with van der Waals surface area (Å²) in [4.78, 5) is 11.2. The van der Waals surface area contributed by atoms with Gasteiger partial charge >= 0.3 is 5.97 Å². The lowest BCUT2D eigenvalue weighted by molar-refractivity contribution is -0.139. The van der Waals surface area contributed by atoms with Crippen LogP contribution in [-0.2, 0) is 11.2 Å². The van der Waals surface area contributed by atoms with Crippen molar-refractivity contribution in [1.82, 2.24) is 0 Å². The maximum Gasteiger partial charge on any atom is 0.341 e. The summed E-state index contributed by atoms with van der Waals surface area (Å²) < 4.78 is 5.79. The molecule has 0 unspecified atom stereocenters. The molecular formula is C26H28O3. The SMILES string of the molecule is CCCCCCc1cccc(-c2cccc(-c3ccccc3)c2OCC(=O)O)c1. The van der Waals surface area contributed by atoms with Gasteiger partial charge in [-0.05, 0) is 29.5 Å². The molecule has 3 heteroatoms. The molecule has 0 aromatic heterocycles. The number of para-hydroxylation sites is 1. The Morgan fingerprint density at radius 3 is 2.24 bits per heavy atom. The van der Waals surface area contributed by atoms with E-state index in [-0.39, 0.29) is 6.61 Å². The van der Waals surface area contributed by atoms with Gasteiger partial charge < -0.3 is 9.84 Å². The number of aliphatic carboxylic acids is 1. The largest absolute Gasteiger partial charge is 0.481 e. The Balaban J connectivity index is 1.97. The number of aryl methyl sites for hydroxylation is 1. The van der Waals surface area contributed by atoms with Crippen molar-refractivity contribution in [2.45, 2.75) is 39.0 Å². The molecule has 0 saturated carbocycles. The van der Waals surface area contributed by atoms with Crippen LogP contribution in [0.15, 0.2) is 72.8 Å². The number of hydrogen-bond donors (Lipinski definition) is 1. The van der Waals surface area contributed by atoms with Crippen LogP contribution in [-0.4, -0.2) is 17.7 Å². The van der Waals surface area contributed by atoms with Gasteiger partial charge in [-0.3, -0.25) is 0 Å². The predicted octanol–water partition coefficient (Wildman–Crippen LogP) is 6.61. The fourth-order valence-electron chi connectivity index (χ4n) is 3.55. The Bertz CT molecular complexity index is 932. The third-order valence-corrected chi connectivity index (χ3v) is 5.00. The normalized spacial score (nSPS) is 10.7.